The third-order valence-corrected chi connectivity index (χ3v) is 3.60. The number of hydrogen-bond donors (Lipinski definition) is 1. The summed E-state index contributed by atoms with van der Waals surface area (Å²) in [6.07, 6.45) is 1.84. The van der Waals surface area contributed by atoms with Crippen LogP contribution in [-0.4, -0.2) is 19.3 Å². The Morgan fingerprint density at radius 3 is 2.45 bits per heavy atom. The summed E-state index contributed by atoms with van der Waals surface area (Å²) in [5, 5.41) is 3.14. The van der Waals surface area contributed by atoms with Crippen molar-refractivity contribution in [3.05, 3.63) is 35.1 Å². The summed E-state index contributed by atoms with van der Waals surface area (Å²) in [4.78, 5) is 0. The topological polar surface area (TPSA) is 21.3 Å². The summed E-state index contributed by atoms with van der Waals surface area (Å²) in [7, 11) is 0. The number of hydrogen-bond acceptors (Lipinski definition) is 2. The van der Waals surface area contributed by atoms with Gasteiger partial charge in [-0.25, -0.2) is 13.2 Å². The van der Waals surface area contributed by atoms with Crippen LogP contribution in [0.15, 0.2) is 12.1 Å². The summed E-state index contributed by atoms with van der Waals surface area (Å²) in [5.41, 5.74) is 0.135. The van der Waals surface area contributed by atoms with Crippen LogP contribution < -0.4 is 5.32 Å². The molecule has 0 heterocycles. The van der Waals surface area contributed by atoms with Crippen molar-refractivity contribution in [1.29, 1.82) is 0 Å². The van der Waals surface area contributed by atoms with Crippen molar-refractivity contribution < 1.29 is 17.9 Å². The molecule has 1 aromatic carbocycles. The molecule has 5 heteroatoms. The molecule has 0 radical (unpaired) electrons. The maximum absolute atomic E-state index is 14.0. The Morgan fingerprint density at radius 2 is 1.90 bits per heavy atom. The number of benzene rings is 1. The lowest BCUT2D eigenvalue weighted by Gasteiger charge is -2.28. The Kier molecular flexibility index (Phi) is 5.05. The minimum absolute atomic E-state index is 0.135. The first-order valence-electron chi connectivity index (χ1n) is 7.08. The van der Waals surface area contributed by atoms with E-state index >= 15 is 0 Å². The average molecular weight is 287 g/mol. The van der Waals surface area contributed by atoms with Crippen LogP contribution in [0, 0.1) is 23.4 Å². The van der Waals surface area contributed by atoms with Crippen molar-refractivity contribution in [3.63, 3.8) is 0 Å². The zero-order valence-electron chi connectivity index (χ0n) is 11.8. The predicted octanol–water partition coefficient (Wildman–Crippen LogP) is 3.57. The van der Waals surface area contributed by atoms with Gasteiger partial charge in [-0.05, 0) is 38.3 Å². The van der Waals surface area contributed by atoms with Gasteiger partial charge in [-0.2, -0.15) is 0 Å². The Balaban J connectivity index is 2.34. The Morgan fingerprint density at radius 1 is 1.20 bits per heavy atom. The molecule has 2 atom stereocenters. The van der Waals surface area contributed by atoms with Gasteiger partial charge >= 0.3 is 0 Å². The lowest BCUT2D eigenvalue weighted by atomic mass is 9.97. The third-order valence-electron chi connectivity index (χ3n) is 3.60. The van der Waals surface area contributed by atoms with Gasteiger partial charge in [0.1, 0.15) is 0 Å². The van der Waals surface area contributed by atoms with Crippen LogP contribution in [0.25, 0.3) is 0 Å². The van der Waals surface area contributed by atoms with Crippen molar-refractivity contribution in [2.75, 3.05) is 13.2 Å². The largest absolute Gasteiger partial charge is 0.376 e. The van der Waals surface area contributed by atoms with Crippen LogP contribution in [0.2, 0.25) is 0 Å². The van der Waals surface area contributed by atoms with E-state index in [2.05, 4.69) is 5.32 Å². The Labute approximate surface area is 117 Å². The summed E-state index contributed by atoms with van der Waals surface area (Å²) in [5.74, 6) is -3.36. The van der Waals surface area contributed by atoms with E-state index in [1.807, 2.05) is 13.8 Å². The highest BCUT2D eigenvalue weighted by Gasteiger charge is 2.39. The molecule has 20 heavy (non-hydrogen) atoms. The van der Waals surface area contributed by atoms with Gasteiger partial charge < -0.3 is 10.1 Å². The molecule has 0 bridgehead atoms. The zero-order valence-corrected chi connectivity index (χ0v) is 11.8. The summed E-state index contributed by atoms with van der Waals surface area (Å²) in [6, 6.07) is 1.81. The first kappa shape index (κ1) is 15.3. The highest BCUT2D eigenvalue weighted by atomic mass is 19.2. The van der Waals surface area contributed by atoms with Gasteiger partial charge in [-0.15, -0.1) is 0 Å². The maximum Gasteiger partial charge on any atom is 0.194 e. The van der Waals surface area contributed by atoms with E-state index in [4.69, 9.17) is 4.74 Å². The SMILES string of the molecule is CCNC(c1ccc(F)c(F)c1F)C(OCC)C1CC1. The quantitative estimate of drug-likeness (QED) is 0.774. The van der Waals surface area contributed by atoms with Crippen LogP contribution in [0.5, 0.6) is 0 Å². The molecule has 2 rings (SSSR count). The Hall–Kier alpha value is -1.07. The highest BCUT2D eigenvalue weighted by molar-refractivity contribution is 5.25. The number of rotatable bonds is 7. The zero-order chi connectivity index (χ0) is 14.7. The lowest BCUT2D eigenvalue weighted by Crippen LogP contribution is -2.36. The smallest absolute Gasteiger partial charge is 0.194 e. The van der Waals surface area contributed by atoms with Crippen molar-refractivity contribution in [3.8, 4) is 0 Å². The van der Waals surface area contributed by atoms with E-state index in [1.165, 1.54) is 6.07 Å². The van der Waals surface area contributed by atoms with Gasteiger partial charge in [-0.3, -0.25) is 0 Å². The second-order valence-corrected chi connectivity index (χ2v) is 5.06. The Bertz CT molecular complexity index is 463. The normalized spacial score (nSPS) is 18.1. The van der Waals surface area contributed by atoms with Crippen LogP contribution in [-0.2, 0) is 4.74 Å². The minimum Gasteiger partial charge on any atom is -0.376 e. The molecule has 1 aliphatic carbocycles. The molecular weight excluding hydrogens is 267 g/mol. The standard InChI is InChI=1S/C15H20F3NO/c1-3-19-14(15(20-4-2)9-5-6-9)10-7-8-11(16)13(18)12(10)17/h7-9,14-15,19H,3-6H2,1-2H3. The van der Waals surface area contributed by atoms with Crippen molar-refractivity contribution in [1.82, 2.24) is 5.32 Å². The second-order valence-electron chi connectivity index (χ2n) is 5.06. The molecule has 0 amide bonds. The molecule has 112 valence electrons. The second kappa shape index (κ2) is 6.59. The first-order chi connectivity index (χ1) is 9.60. The minimum atomic E-state index is -1.42. The van der Waals surface area contributed by atoms with Gasteiger partial charge in [-0.1, -0.05) is 13.0 Å². The molecule has 1 fully saturated rings. The fourth-order valence-electron chi connectivity index (χ4n) is 2.53. The van der Waals surface area contributed by atoms with Crippen molar-refractivity contribution >= 4 is 0 Å². The van der Waals surface area contributed by atoms with Gasteiger partial charge in [0, 0.05) is 12.2 Å². The monoisotopic (exact) mass is 287 g/mol. The lowest BCUT2D eigenvalue weighted by molar-refractivity contribution is 0.0179. The summed E-state index contributed by atoms with van der Waals surface area (Å²) < 4.78 is 46.2. The molecule has 1 N–H and O–H groups in total. The molecule has 1 aromatic rings. The van der Waals surface area contributed by atoms with Crippen LogP contribution in [0.3, 0.4) is 0 Å². The number of likely N-dealkylation sites (N-methyl/N-ethyl adjacent to an activating group) is 1. The van der Waals surface area contributed by atoms with Gasteiger partial charge in [0.25, 0.3) is 0 Å². The molecule has 0 spiro atoms. The molecule has 0 aliphatic heterocycles. The first-order valence-corrected chi connectivity index (χ1v) is 7.08. The fourth-order valence-corrected chi connectivity index (χ4v) is 2.53. The van der Waals surface area contributed by atoms with Gasteiger partial charge in [0.15, 0.2) is 17.5 Å². The summed E-state index contributed by atoms with van der Waals surface area (Å²) in [6.45, 7) is 4.87. The number of ether oxygens (including phenoxy) is 1. The van der Waals surface area contributed by atoms with E-state index in [0.717, 1.165) is 18.9 Å². The van der Waals surface area contributed by atoms with E-state index in [-0.39, 0.29) is 11.7 Å². The van der Waals surface area contributed by atoms with Gasteiger partial charge in [0.2, 0.25) is 0 Å². The van der Waals surface area contributed by atoms with Crippen LogP contribution >= 0.6 is 0 Å². The van der Waals surface area contributed by atoms with E-state index in [0.29, 0.717) is 19.1 Å². The van der Waals surface area contributed by atoms with Crippen LogP contribution in [0.1, 0.15) is 38.3 Å². The van der Waals surface area contributed by atoms with Crippen molar-refractivity contribution in [2.45, 2.75) is 38.8 Å². The molecule has 2 nitrogen and oxygen atoms in total. The third kappa shape index (κ3) is 3.15. The fraction of sp³-hybridized carbons (Fsp3) is 0.600. The maximum atomic E-state index is 14.0. The molecule has 2 unspecified atom stereocenters. The molecule has 1 saturated carbocycles. The van der Waals surface area contributed by atoms with E-state index in [1.54, 1.807) is 0 Å². The van der Waals surface area contributed by atoms with E-state index in [9.17, 15) is 13.2 Å². The molecule has 0 aromatic heterocycles. The average Bonchev–Trinajstić information content (AvgIpc) is 3.25. The molecule has 1 aliphatic rings. The van der Waals surface area contributed by atoms with Crippen LogP contribution in [0.4, 0.5) is 13.2 Å². The number of halogens is 3. The summed E-state index contributed by atoms with van der Waals surface area (Å²) >= 11 is 0. The molecule has 0 saturated heterocycles. The van der Waals surface area contributed by atoms with E-state index < -0.39 is 23.5 Å². The highest BCUT2D eigenvalue weighted by Crippen LogP contribution is 2.40. The predicted molar refractivity (Wildman–Crippen MR) is 70.9 cm³/mol. The number of nitrogens with one attached hydrogen (secondary N) is 1. The molecular formula is C15H20F3NO. The van der Waals surface area contributed by atoms with Gasteiger partial charge in [0.05, 0.1) is 12.1 Å². The van der Waals surface area contributed by atoms with Crippen molar-refractivity contribution in [2.24, 2.45) is 5.92 Å².